The Morgan fingerprint density at radius 1 is 0.487 bits per heavy atom. The molecule has 0 bridgehead atoms. The average molecular weight is 1110 g/mol. The second-order valence-electron chi connectivity index (χ2n) is 17.6. The molecule has 18 nitrogen and oxygen atoms in total. The minimum Gasteiger partial charge on any atom is -0.480 e. The van der Waals surface area contributed by atoms with E-state index in [4.69, 9.17) is 4.74 Å². The number of rotatable bonds is 17. The second-order valence-corrected chi connectivity index (χ2v) is 24.6. The number of hydrogen-bond acceptors (Lipinski definition) is 13. The highest BCUT2D eigenvalue weighted by Crippen LogP contribution is 2.37. The minimum atomic E-state index is -4.35. The number of anilines is 4. The van der Waals surface area contributed by atoms with Crippen molar-refractivity contribution in [3.05, 3.63) is 180 Å². The van der Waals surface area contributed by atoms with Gasteiger partial charge in [-0.2, -0.15) is 0 Å². The van der Waals surface area contributed by atoms with Gasteiger partial charge >= 0.3 is 11.9 Å². The number of sulfonamides is 4. The molecule has 2 heterocycles. The van der Waals surface area contributed by atoms with Crippen LogP contribution in [0.1, 0.15) is 43.0 Å². The van der Waals surface area contributed by atoms with Crippen LogP contribution in [0.15, 0.2) is 178 Å². The zero-order chi connectivity index (χ0) is 55.3. The van der Waals surface area contributed by atoms with Crippen molar-refractivity contribution in [2.24, 2.45) is 0 Å². The predicted octanol–water partition coefficient (Wildman–Crippen LogP) is 9.12. The summed E-state index contributed by atoms with van der Waals surface area (Å²) in [6.07, 6.45) is 2.44. The van der Waals surface area contributed by atoms with Crippen LogP contribution in [0.5, 0.6) is 0 Å². The summed E-state index contributed by atoms with van der Waals surface area (Å²) in [6, 6.07) is 35.3. The summed E-state index contributed by atoms with van der Waals surface area (Å²) in [5, 5.41) is 11.1. The highest BCUT2D eigenvalue weighted by molar-refractivity contribution is 7.93. The topological polar surface area (TPSA) is 256 Å². The summed E-state index contributed by atoms with van der Waals surface area (Å²) in [4.78, 5) is 33.5. The lowest BCUT2D eigenvalue weighted by molar-refractivity contribution is -0.144. The van der Waals surface area contributed by atoms with Crippen LogP contribution in [0.25, 0.3) is 21.5 Å². The number of hydrogen-bond donors (Lipinski definition) is 3. The number of benzene rings is 6. The Morgan fingerprint density at radius 2 is 0.789 bits per heavy atom. The molecular weight excluding hydrogens is 1050 g/mol. The fraction of sp³-hybridized carbons (Fsp3) is 0.185. The maximum atomic E-state index is 13.9. The first-order chi connectivity index (χ1) is 35.9. The third-order valence-corrected chi connectivity index (χ3v) is 18.5. The molecule has 0 aliphatic carbocycles. The Hall–Kier alpha value is -7.92. The molecule has 6 aromatic carbocycles. The smallest absolute Gasteiger partial charge is 0.329 e. The number of esters is 1. The fourth-order valence-corrected chi connectivity index (χ4v) is 13.1. The number of nitrogens with zero attached hydrogens (tertiary/aromatic N) is 4. The molecule has 0 saturated carbocycles. The van der Waals surface area contributed by atoms with Gasteiger partial charge in [0.05, 0.1) is 50.0 Å². The van der Waals surface area contributed by atoms with Gasteiger partial charge in [0, 0.05) is 21.5 Å². The number of aliphatic carboxylic acids is 1. The molecule has 0 saturated heterocycles. The van der Waals surface area contributed by atoms with Crippen LogP contribution in [0.2, 0.25) is 0 Å². The van der Waals surface area contributed by atoms with Crippen LogP contribution >= 0.6 is 0 Å². The molecule has 2 aromatic heterocycles. The maximum Gasteiger partial charge on any atom is 0.329 e. The molecule has 8 aromatic rings. The molecular formula is C54H54N6O12S4. The van der Waals surface area contributed by atoms with E-state index < -0.39 is 64.1 Å². The maximum absolute atomic E-state index is 13.9. The molecule has 0 fully saturated rings. The second kappa shape index (κ2) is 22.5. The van der Waals surface area contributed by atoms with E-state index in [1.807, 2.05) is 20.8 Å². The van der Waals surface area contributed by atoms with Gasteiger partial charge in [0.15, 0.2) is 11.6 Å². The van der Waals surface area contributed by atoms with Crippen LogP contribution in [0.4, 0.5) is 23.0 Å². The fourth-order valence-electron chi connectivity index (χ4n) is 7.83. The van der Waals surface area contributed by atoms with Gasteiger partial charge in [-0.05, 0) is 97.0 Å². The van der Waals surface area contributed by atoms with Crippen molar-refractivity contribution < 1.29 is 53.1 Å². The summed E-state index contributed by atoms with van der Waals surface area (Å²) < 4.78 is 119. The van der Waals surface area contributed by atoms with E-state index in [0.717, 1.165) is 30.9 Å². The quantitative estimate of drug-likeness (QED) is 0.0719. The number of carboxylic acids is 1. The largest absolute Gasteiger partial charge is 0.480 e. The van der Waals surface area contributed by atoms with Crippen molar-refractivity contribution in [1.29, 1.82) is 0 Å². The number of carboxylic acid groups (broad SMARTS) is 1. The van der Waals surface area contributed by atoms with Crippen LogP contribution in [-0.2, 0) is 54.4 Å². The number of aryl methyl sites for hydroxylation is 4. The first-order valence-electron chi connectivity index (χ1n) is 23.4. The predicted molar refractivity (Wildman–Crippen MR) is 292 cm³/mol. The molecule has 0 aliphatic rings. The molecule has 2 atom stereocenters. The molecule has 2 unspecified atom stereocenters. The number of carbonyl (C=O) groups is 2. The molecule has 0 spiro atoms. The summed E-state index contributed by atoms with van der Waals surface area (Å²) >= 11 is 0. The Balaban J connectivity index is 0.000000221. The molecule has 0 aliphatic heterocycles. The normalized spacial score (nSPS) is 12.7. The number of nitrogens with one attached hydrogen (secondary N) is 2. The molecule has 76 heavy (non-hydrogen) atoms. The lowest BCUT2D eigenvalue weighted by Gasteiger charge is -2.29. The Kier molecular flexibility index (Phi) is 16.5. The van der Waals surface area contributed by atoms with Crippen molar-refractivity contribution in [3.8, 4) is 0 Å². The number of fused-ring (bicyclic) bond motifs is 2. The Bertz CT molecular complexity index is 3920. The van der Waals surface area contributed by atoms with Crippen molar-refractivity contribution in [2.45, 2.75) is 80.1 Å². The van der Waals surface area contributed by atoms with E-state index in [9.17, 15) is 48.4 Å². The first-order valence-corrected chi connectivity index (χ1v) is 29.3. The van der Waals surface area contributed by atoms with E-state index >= 15 is 0 Å². The van der Waals surface area contributed by atoms with Gasteiger partial charge in [-0.15, -0.1) is 0 Å². The lowest BCUT2D eigenvalue weighted by atomic mass is 10.1. The summed E-state index contributed by atoms with van der Waals surface area (Å²) in [5.74, 6) is -2.29. The van der Waals surface area contributed by atoms with Crippen LogP contribution in [0, 0.1) is 27.7 Å². The van der Waals surface area contributed by atoms with Gasteiger partial charge in [0.1, 0.15) is 12.1 Å². The number of pyridine rings is 2. The molecule has 0 amide bonds. The SMILES string of the molecule is CCOC(=O)C(C)N(c1ncc(NS(=O)(=O)c2ccc(C)cc2)c2ccccc12)S(=O)(=O)c1ccc(C)cc1.Cc1ccc(S(=O)(=O)Nc2cnc(N(C(C)C(=O)O)S(=O)(=O)c3ccc(C)cc3)c3ccccc23)cc1. The van der Waals surface area contributed by atoms with Crippen molar-refractivity contribution in [3.63, 3.8) is 0 Å². The Labute approximate surface area is 442 Å². The summed E-state index contributed by atoms with van der Waals surface area (Å²) in [6.45, 7) is 11.7. The highest BCUT2D eigenvalue weighted by atomic mass is 32.2. The van der Waals surface area contributed by atoms with Gasteiger partial charge in [0.25, 0.3) is 40.1 Å². The highest BCUT2D eigenvalue weighted by Gasteiger charge is 2.38. The first kappa shape index (κ1) is 55.8. The van der Waals surface area contributed by atoms with Crippen LogP contribution < -0.4 is 18.1 Å². The standard InChI is InChI=1S/C28H29N3O6S2.C26H25N3O6S2/c1-5-37-28(32)21(4)31(39(35,36)23-16-12-20(3)13-17-23)27-25-9-7-6-8-24(25)26(18-29-27)30-38(33,34)22-14-10-19(2)11-15-22;1-17-8-12-20(13-9-17)36(32,33)28-24-16-27-25(23-7-5-4-6-22(23)24)29(19(3)26(30)31)37(34,35)21-14-10-18(2)11-15-21/h6-18,21,30H,5H2,1-4H3;4-16,19,28H,1-3H3,(H,30,31). The van der Waals surface area contributed by atoms with Crippen molar-refractivity contribution in [2.75, 3.05) is 24.7 Å². The molecule has 8 rings (SSSR count). The number of aromatic nitrogens is 2. The van der Waals surface area contributed by atoms with E-state index in [-0.39, 0.29) is 54.6 Å². The minimum absolute atomic E-state index is 0.0284. The van der Waals surface area contributed by atoms with E-state index in [1.165, 1.54) is 74.8 Å². The van der Waals surface area contributed by atoms with Crippen molar-refractivity contribution >= 4 is 96.6 Å². The van der Waals surface area contributed by atoms with E-state index in [1.54, 1.807) is 111 Å². The third kappa shape index (κ3) is 11.9. The van der Waals surface area contributed by atoms with E-state index in [0.29, 0.717) is 16.2 Å². The van der Waals surface area contributed by atoms with Gasteiger partial charge in [0.2, 0.25) is 0 Å². The number of ether oxygens (including phenoxy) is 1. The molecule has 0 radical (unpaired) electrons. The van der Waals surface area contributed by atoms with E-state index in [2.05, 4.69) is 19.4 Å². The molecule has 396 valence electrons. The average Bonchev–Trinajstić information content (AvgIpc) is 3.44. The monoisotopic (exact) mass is 1110 g/mol. The van der Waals surface area contributed by atoms with Crippen molar-refractivity contribution in [1.82, 2.24) is 9.97 Å². The van der Waals surface area contributed by atoms with Gasteiger partial charge in [-0.3, -0.25) is 9.44 Å². The molecule has 22 heteroatoms. The third-order valence-electron chi connectivity index (χ3n) is 12.0. The Morgan fingerprint density at radius 3 is 1.11 bits per heavy atom. The van der Waals surface area contributed by atoms with Gasteiger partial charge < -0.3 is 9.84 Å². The zero-order valence-corrected chi connectivity index (χ0v) is 45.5. The lowest BCUT2D eigenvalue weighted by Crippen LogP contribution is -2.44. The molecule has 3 N–H and O–H groups in total. The van der Waals surface area contributed by atoms with Gasteiger partial charge in [-0.1, -0.05) is 119 Å². The summed E-state index contributed by atoms with van der Waals surface area (Å²) in [7, 11) is -16.6. The van der Waals surface area contributed by atoms with Crippen LogP contribution in [0.3, 0.4) is 0 Å². The number of carbonyl (C=O) groups excluding carboxylic acids is 1. The zero-order valence-electron chi connectivity index (χ0n) is 42.2. The van der Waals surface area contributed by atoms with Gasteiger partial charge in [-0.25, -0.2) is 61.8 Å². The summed E-state index contributed by atoms with van der Waals surface area (Å²) in [5.41, 5.74) is 3.80. The van der Waals surface area contributed by atoms with Crippen LogP contribution in [-0.4, -0.2) is 79.4 Å².